The quantitative estimate of drug-likeness (QED) is 0.815. The number of nitrogens with zero attached hydrogens (tertiary/aromatic N) is 2. The van der Waals surface area contributed by atoms with E-state index in [1.807, 2.05) is 13.0 Å². The zero-order valence-corrected chi connectivity index (χ0v) is 14.5. The van der Waals surface area contributed by atoms with Gasteiger partial charge in [0.05, 0.1) is 11.3 Å². The molecule has 1 aromatic rings. The second-order valence-corrected chi connectivity index (χ2v) is 6.41. The van der Waals surface area contributed by atoms with Gasteiger partial charge in [0.15, 0.2) is 5.78 Å². The Morgan fingerprint density at radius 2 is 2.21 bits per heavy atom. The average molecular weight is 327 g/mol. The molecule has 1 saturated heterocycles. The molecule has 1 atom stereocenters. The molecule has 1 heterocycles. The van der Waals surface area contributed by atoms with Crippen LogP contribution in [0, 0.1) is 17.2 Å². The van der Waals surface area contributed by atoms with Crippen molar-refractivity contribution in [2.75, 3.05) is 24.5 Å². The summed E-state index contributed by atoms with van der Waals surface area (Å²) in [4.78, 5) is 25.5. The largest absolute Gasteiger partial charge is 0.370 e. The van der Waals surface area contributed by atoms with Crippen molar-refractivity contribution in [3.8, 4) is 6.07 Å². The fraction of sp³-hybridized carbons (Fsp3) is 0.526. The monoisotopic (exact) mass is 327 g/mol. The summed E-state index contributed by atoms with van der Waals surface area (Å²) in [7, 11) is 0. The minimum Gasteiger partial charge on any atom is -0.370 e. The molecule has 2 rings (SSSR count). The van der Waals surface area contributed by atoms with Gasteiger partial charge in [-0.1, -0.05) is 6.92 Å². The first-order valence-corrected chi connectivity index (χ1v) is 8.61. The molecule has 1 N–H and O–H groups in total. The van der Waals surface area contributed by atoms with Crippen LogP contribution < -0.4 is 10.2 Å². The Labute approximate surface area is 143 Å². The summed E-state index contributed by atoms with van der Waals surface area (Å²) in [5, 5.41) is 12.4. The van der Waals surface area contributed by atoms with Crippen LogP contribution in [-0.2, 0) is 4.79 Å². The van der Waals surface area contributed by atoms with Gasteiger partial charge in [-0.25, -0.2) is 0 Å². The van der Waals surface area contributed by atoms with Crippen molar-refractivity contribution >= 4 is 17.4 Å². The number of nitriles is 1. The summed E-state index contributed by atoms with van der Waals surface area (Å²) < 4.78 is 0. The van der Waals surface area contributed by atoms with Crippen LogP contribution in [0.2, 0.25) is 0 Å². The normalized spacial score (nSPS) is 17.2. The molecule has 24 heavy (non-hydrogen) atoms. The number of hydrogen-bond donors (Lipinski definition) is 1. The number of hydrogen-bond acceptors (Lipinski definition) is 4. The maximum absolute atomic E-state index is 11.7. The van der Waals surface area contributed by atoms with E-state index in [1.54, 1.807) is 12.1 Å². The first kappa shape index (κ1) is 18.0. The van der Waals surface area contributed by atoms with Gasteiger partial charge in [-0.15, -0.1) is 0 Å². The van der Waals surface area contributed by atoms with Crippen molar-refractivity contribution in [1.29, 1.82) is 5.26 Å². The fourth-order valence-electron chi connectivity index (χ4n) is 3.13. The summed E-state index contributed by atoms with van der Waals surface area (Å²) in [6.45, 7) is 5.86. The van der Waals surface area contributed by atoms with E-state index in [0.29, 0.717) is 30.0 Å². The minimum atomic E-state index is 0.00104. The molecule has 1 aromatic carbocycles. The molecule has 0 bridgehead atoms. The average Bonchev–Trinajstić information content (AvgIpc) is 2.60. The van der Waals surface area contributed by atoms with E-state index >= 15 is 0 Å². The number of carbonyl (C=O) groups is 2. The van der Waals surface area contributed by atoms with Crippen molar-refractivity contribution < 1.29 is 9.59 Å². The molecule has 5 nitrogen and oxygen atoms in total. The molecule has 0 saturated carbocycles. The summed E-state index contributed by atoms with van der Waals surface area (Å²) in [5.41, 5.74) is 2.05. The molecule has 0 aliphatic carbocycles. The molecule has 0 spiro atoms. The van der Waals surface area contributed by atoms with Crippen LogP contribution >= 0.6 is 0 Å². The van der Waals surface area contributed by atoms with Crippen molar-refractivity contribution in [2.24, 2.45) is 5.92 Å². The van der Waals surface area contributed by atoms with Crippen LogP contribution in [-0.4, -0.2) is 31.3 Å². The number of Topliss-reactive ketones (excluding diaryl/α,β-unsaturated/α-hetero) is 1. The fourth-order valence-corrected chi connectivity index (χ4v) is 3.13. The first-order valence-electron chi connectivity index (χ1n) is 8.61. The van der Waals surface area contributed by atoms with Crippen LogP contribution in [0.5, 0.6) is 0 Å². The zero-order valence-electron chi connectivity index (χ0n) is 14.5. The van der Waals surface area contributed by atoms with Gasteiger partial charge in [0.1, 0.15) is 6.07 Å². The highest BCUT2D eigenvalue weighted by molar-refractivity contribution is 5.95. The van der Waals surface area contributed by atoms with Gasteiger partial charge in [-0.3, -0.25) is 9.59 Å². The molecular weight excluding hydrogens is 302 g/mol. The van der Waals surface area contributed by atoms with Crippen LogP contribution in [0.1, 0.15) is 55.5 Å². The lowest BCUT2D eigenvalue weighted by atomic mass is 9.96. The van der Waals surface area contributed by atoms with Gasteiger partial charge in [0.25, 0.3) is 0 Å². The maximum atomic E-state index is 11.7. The number of benzene rings is 1. The van der Waals surface area contributed by atoms with Crippen molar-refractivity contribution in [3.63, 3.8) is 0 Å². The number of ketones is 1. The van der Waals surface area contributed by atoms with E-state index in [1.165, 1.54) is 6.92 Å². The number of carbonyl (C=O) groups excluding carboxylic acids is 2. The molecule has 1 fully saturated rings. The number of piperidine rings is 1. The van der Waals surface area contributed by atoms with Crippen LogP contribution in [0.15, 0.2) is 18.2 Å². The van der Waals surface area contributed by atoms with E-state index in [2.05, 4.69) is 16.3 Å². The SMILES string of the molecule is CCCC(=O)NCC1CCCN(c2cc(C(C)=O)ccc2C#N)C1. The molecule has 5 heteroatoms. The van der Waals surface area contributed by atoms with Crippen LogP contribution in [0.4, 0.5) is 5.69 Å². The van der Waals surface area contributed by atoms with E-state index in [-0.39, 0.29) is 11.7 Å². The van der Waals surface area contributed by atoms with E-state index in [4.69, 9.17) is 0 Å². The maximum Gasteiger partial charge on any atom is 0.219 e. The molecule has 1 amide bonds. The Morgan fingerprint density at radius 1 is 1.42 bits per heavy atom. The summed E-state index contributed by atoms with van der Waals surface area (Å²) in [6.07, 6.45) is 3.50. The second-order valence-electron chi connectivity index (χ2n) is 6.41. The molecular formula is C19H25N3O2. The number of anilines is 1. The Morgan fingerprint density at radius 3 is 2.88 bits per heavy atom. The second kappa shape index (κ2) is 8.49. The van der Waals surface area contributed by atoms with E-state index in [0.717, 1.165) is 38.0 Å². The highest BCUT2D eigenvalue weighted by Crippen LogP contribution is 2.27. The standard InChI is InChI=1S/C19H25N3O2/c1-3-5-19(24)21-12-15-6-4-9-22(13-15)18-10-16(14(2)23)7-8-17(18)11-20/h7-8,10,15H,3-6,9,12-13H2,1-2H3,(H,21,24). The summed E-state index contributed by atoms with van der Waals surface area (Å²) in [6, 6.07) is 7.46. The van der Waals surface area contributed by atoms with Gasteiger partial charge >= 0.3 is 0 Å². The molecule has 128 valence electrons. The smallest absolute Gasteiger partial charge is 0.219 e. The minimum absolute atomic E-state index is 0.00104. The van der Waals surface area contributed by atoms with Gasteiger partial charge in [-0.05, 0) is 50.3 Å². The highest BCUT2D eigenvalue weighted by atomic mass is 16.1. The lowest BCUT2D eigenvalue weighted by Crippen LogP contribution is -2.41. The number of nitrogens with one attached hydrogen (secondary N) is 1. The van der Waals surface area contributed by atoms with Gasteiger partial charge in [0, 0.05) is 31.6 Å². The van der Waals surface area contributed by atoms with Crippen molar-refractivity contribution in [2.45, 2.75) is 39.5 Å². The molecule has 0 aromatic heterocycles. The van der Waals surface area contributed by atoms with E-state index in [9.17, 15) is 14.9 Å². The van der Waals surface area contributed by atoms with Gasteiger partial charge < -0.3 is 10.2 Å². The van der Waals surface area contributed by atoms with Gasteiger partial charge in [0.2, 0.25) is 5.91 Å². The summed E-state index contributed by atoms with van der Waals surface area (Å²) >= 11 is 0. The number of rotatable bonds is 6. The zero-order chi connectivity index (χ0) is 17.5. The Kier molecular flexibility index (Phi) is 6.36. The number of amides is 1. The lowest BCUT2D eigenvalue weighted by molar-refractivity contribution is -0.121. The Bertz CT molecular complexity index is 649. The highest BCUT2D eigenvalue weighted by Gasteiger charge is 2.23. The third-order valence-electron chi connectivity index (χ3n) is 4.45. The lowest BCUT2D eigenvalue weighted by Gasteiger charge is -2.35. The molecule has 1 aliphatic rings. The molecule has 1 aliphatic heterocycles. The predicted molar refractivity (Wildman–Crippen MR) is 94.0 cm³/mol. The molecule has 1 unspecified atom stereocenters. The molecule has 0 radical (unpaired) electrons. The van der Waals surface area contributed by atoms with Crippen LogP contribution in [0.25, 0.3) is 0 Å². The Hall–Kier alpha value is -2.35. The van der Waals surface area contributed by atoms with Crippen LogP contribution in [0.3, 0.4) is 0 Å². The predicted octanol–water partition coefficient (Wildman–Crippen LogP) is 2.89. The third-order valence-corrected chi connectivity index (χ3v) is 4.45. The summed E-state index contributed by atoms with van der Waals surface area (Å²) in [5.74, 6) is 0.471. The third kappa shape index (κ3) is 4.58. The van der Waals surface area contributed by atoms with Crippen molar-refractivity contribution in [1.82, 2.24) is 5.32 Å². The first-order chi connectivity index (χ1) is 11.5. The van der Waals surface area contributed by atoms with Gasteiger partial charge in [-0.2, -0.15) is 5.26 Å². The topological polar surface area (TPSA) is 73.2 Å². The Balaban J connectivity index is 2.09. The van der Waals surface area contributed by atoms with Crippen molar-refractivity contribution in [3.05, 3.63) is 29.3 Å². The van der Waals surface area contributed by atoms with E-state index < -0.39 is 0 Å².